The standard InChI is InChI=1S/C16H27N3O3S/c1-3-4-5-9-14-18-19-16(23-14)17-15(20)12(2)22-11-13-8-6-7-10-21-13/h12-13H,3-11H2,1-2H3,(H,17,19,20). The van der Waals surface area contributed by atoms with Gasteiger partial charge in [-0.1, -0.05) is 31.1 Å². The van der Waals surface area contributed by atoms with Crippen LogP contribution in [0.25, 0.3) is 0 Å². The monoisotopic (exact) mass is 341 g/mol. The topological polar surface area (TPSA) is 73.3 Å². The SMILES string of the molecule is CCCCCc1nnc(NC(=O)C(C)OCC2CCCCO2)s1. The summed E-state index contributed by atoms with van der Waals surface area (Å²) in [7, 11) is 0. The van der Waals surface area contributed by atoms with E-state index in [-0.39, 0.29) is 12.0 Å². The van der Waals surface area contributed by atoms with Gasteiger partial charge in [0.2, 0.25) is 5.13 Å². The highest BCUT2D eigenvalue weighted by molar-refractivity contribution is 7.15. The maximum atomic E-state index is 12.1. The fourth-order valence-electron chi connectivity index (χ4n) is 2.40. The first kappa shape index (κ1) is 18.3. The van der Waals surface area contributed by atoms with Gasteiger partial charge in [0.1, 0.15) is 11.1 Å². The predicted molar refractivity (Wildman–Crippen MR) is 90.8 cm³/mol. The van der Waals surface area contributed by atoms with Gasteiger partial charge < -0.3 is 9.47 Å². The van der Waals surface area contributed by atoms with Crippen LogP contribution in [0.1, 0.15) is 57.4 Å². The number of hydrogen-bond acceptors (Lipinski definition) is 6. The molecule has 0 spiro atoms. The van der Waals surface area contributed by atoms with Crippen molar-refractivity contribution in [3.05, 3.63) is 5.01 Å². The second-order valence-electron chi connectivity index (χ2n) is 5.91. The molecule has 2 rings (SSSR count). The third kappa shape index (κ3) is 6.53. The Morgan fingerprint density at radius 3 is 3.04 bits per heavy atom. The van der Waals surface area contributed by atoms with Crippen LogP contribution in [0, 0.1) is 0 Å². The second kappa shape index (κ2) is 9.95. The van der Waals surface area contributed by atoms with Gasteiger partial charge in [0.05, 0.1) is 12.7 Å². The molecule has 0 radical (unpaired) electrons. The van der Waals surface area contributed by atoms with Crippen LogP contribution >= 0.6 is 11.3 Å². The average Bonchev–Trinajstić information content (AvgIpc) is 3.01. The van der Waals surface area contributed by atoms with E-state index in [0.717, 1.165) is 37.3 Å². The van der Waals surface area contributed by atoms with E-state index < -0.39 is 6.10 Å². The minimum atomic E-state index is -0.520. The molecule has 2 unspecified atom stereocenters. The van der Waals surface area contributed by atoms with Crippen LogP contribution in [-0.2, 0) is 20.7 Å². The number of unbranched alkanes of at least 4 members (excludes halogenated alkanes) is 2. The van der Waals surface area contributed by atoms with Crippen LogP contribution < -0.4 is 5.32 Å². The van der Waals surface area contributed by atoms with Gasteiger partial charge in [-0.05, 0) is 32.6 Å². The number of rotatable bonds is 9. The molecule has 1 aromatic heterocycles. The molecule has 0 aromatic carbocycles. The summed E-state index contributed by atoms with van der Waals surface area (Å²) in [6, 6.07) is 0. The van der Waals surface area contributed by atoms with Crippen molar-refractivity contribution in [1.82, 2.24) is 10.2 Å². The summed E-state index contributed by atoms with van der Waals surface area (Å²) in [4.78, 5) is 12.1. The number of anilines is 1. The van der Waals surface area contributed by atoms with Gasteiger partial charge in [-0.15, -0.1) is 10.2 Å². The van der Waals surface area contributed by atoms with Crippen LogP contribution in [-0.4, -0.2) is 41.5 Å². The Morgan fingerprint density at radius 1 is 1.43 bits per heavy atom. The Bertz CT molecular complexity index is 475. The fraction of sp³-hybridized carbons (Fsp3) is 0.812. The summed E-state index contributed by atoms with van der Waals surface area (Å²) in [6.45, 7) is 5.18. The molecule has 1 aliphatic rings. The van der Waals surface area contributed by atoms with Crippen molar-refractivity contribution >= 4 is 22.4 Å². The van der Waals surface area contributed by atoms with Gasteiger partial charge in [-0.2, -0.15) is 0 Å². The molecule has 6 nitrogen and oxygen atoms in total. The highest BCUT2D eigenvalue weighted by Crippen LogP contribution is 2.18. The van der Waals surface area contributed by atoms with E-state index in [9.17, 15) is 4.79 Å². The predicted octanol–water partition coefficient (Wildman–Crippen LogP) is 3.18. The minimum Gasteiger partial charge on any atom is -0.376 e. The van der Waals surface area contributed by atoms with Crippen LogP contribution in [0.4, 0.5) is 5.13 Å². The molecule has 1 aliphatic heterocycles. The normalized spacial score (nSPS) is 19.5. The highest BCUT2D eigenvalue weighted by atomic mass is 32.1. The molecular weight excluding hydrogens is 314 g/mol. The van der Waals surface area contributed by atoms with E-state index in [4.69, 9.17) is 9.47 Å². The Labute approximate surface area is 142 Å². The average molecular weight is 341 g/mol. The number of carbonyl (C=O) groups excluding carboxylic acids is 1. The summed E-state index contributed by atoms with van der Waals surface area (Å²) in [5.74, 6) is -0.183. The second-order valence-corrected chi connectivity index (χ2v) is 6.97. The molecule has 2 atom stereocenters. The van der Waals surface area contributed by atoms with Crippen molar-refractivity contribution in [2.45, 2.75) is 71.0 Å². The fourth-order valence-corrected chi connectivity index (χ4v) is 3.19. The van der Waals surface area contributed by atoms with E-state index in [1.165, 1.54) is 30.6 Å². The molecule has 23 heavy (non-hydrogen) atoms. The molecule has 0 aliphatic carbocycles. The molecule has 1 saturated heterocycles. The molecular formula is C16H27N3O3S. The number of amides is 1. The van der Waals surface area contributed by atoms with Gasteiger partial charge in [0, 0.05) is 13.0 Å². The number of ether oxygens (including phenoxy) is 2. The quantitative estimate of drug-likeness (QED) is 0.698. The first-order valence-corrected chi connectivity index (χ1v) is 9.37. The smallest absolute Gasteiger partial charge is 0.255 e. The van der Waals surface area contributed by atoms with E-state index in [0.29, 0.717) is 11.7 Å². The Balaban J connectivity index is 1.70. The van der Waals surface area contributed by atoms with Gasteiger partial charge in [0.25, 0.3) is 5.91 Å². The van der Waals surface area contributed by atoms with E-state index in [1.54, 1.807) is 6.92 Å². The Morgan fingerprint density at radius 2 is 2.30 bits per heavy atom. The number of nitrogens with one attached hydrogen (secondary N) is 1. The summed E-state index contributed by atoms with van der Waals surface area (Å²) in [5.41, 5.74) is 0. The van der Waals surface area contributed by atoms with Gasteiger partial charge >= 0.3 is 0 Å². The van der Waals surface area contributed by atoms with Crippen LogP contribution in [0.5, 0.6) is 0 Å². The number of carbonyl (C=O) groups is 1. The lowest BCUT2D eigenvalue weighted by molar-refractivity contribution is -0.130. The zero-order valence-corrected chi connectivity index (χ0v) is 14.9. The molecule has 1 N–H and O–H groups in total. The molecule has 0 saturated carbocycles. The third-order valence-corrected chi connectivity index (χ3v) is 4.76. The lowest BCUT2D eigenvalue weighted by Crippen LogP contribution is -2.32. The molecule has 7 heteroatoms. The molecule has 130 valence electrons. The summed E-state index contributed by atoms with van der Waals surface area (Å²) >= 11 is 1.44. The van der Waals surface area contributed by atoms with Crippen molar-refractivity contribution in [2.75, 3.05) is 18.5 Å². The Hall–Kier alpha value is -1.05. The van der Waals surface area contributed by atoms with Gasteiger partial charge in [0.15, 0.2) is 0 Å². The first-order chi connectivity index (χ1) is 11.2. The van der Waals surface area contributed by atoms with Gasteiger partial charge in [-0.3, -0.25) is 10.1 Å². The maximum absolute atomic E-state index is 12.1. The van der Waals surface area contributed by atoms with Crippen LogP contribution in [0.15, 0.2) is 0 Å². The molecule has 0 bridgehead atoms. The first-order valence-electron chi connectivity index (χ1n) is 8.55. The van der Waals surface area contributed by atoms with Crippen molar-refractivity contribution in [3.63, 3.8) is 0 Å². The van der Waals surface area contributed by atoms with E-state index >= 15 is 0 Å². The highest BCUT2D eigenvalue weighted by Gasteiger charge is 2.20. The van der Waals surface area contributed by atoms with E-state index in [1.807, 2.05) is 0 Å². The largest absolute Gasteiger partial charge is 0.376 e. The molecule has 2 heterocycles. The third-order valence-electron chi connectivity index (χ3n) is 3.87. The molecule has 1 amide bonds. The van der Waals surface area contributed by atoms with Crippen molar-refractivity contribution in [2.24, 2.45) is 0 Å². The Kier molecular flexibility index (Phi) is 7.91. The summed E-state index contributed by atoms with van der Waals surface area (Å²) in [6.07, 6.45) is 7.29. The maximum Gasteiger partial charge on any atom is 0.255 e. The van der Waals surface area contributed by atoms with Crippen LogP contribution in [0.2, 0.25) is 0 Å². The zero-order chi connectivity index (χ0) is 16.5. The van der Waals surface area contributed by atoms with Crippen molar-refractivity contribution < 1.29 is 14.3 Å². The summed E-state index contributed by atoms with van der Waals surface area (Å²) in [5, 5.41) is 12.4. The number of nitrogens with zero attached hydrogens (tertiary/aromatic N) is 2. The molecule has 1 fully saturated rings. The number of aryl methyl sites for hydroxylation is 1. The van der Waals surface area contributed by atoms with Crippen molar-refractivity contribution in [3.8, 4) is 0 Å². The zero-order valence-electron chi connectivity index (χ0n) is 14.0. The molecule has 1 aromatic rings. The van der Waals surface area contributed by atoms with Crippen LogP contribution in [0.3, 0.4) is 0 Å². The summed E-state index contributed by atoms with van der Waals surface area (Å²) < 4.78 is 11.2. The lowest BCUT2D eigenvalue weighted by atomic mass is 10.1. The van der Waals surface area contributed by atoms with E-state index in [2.05, 4.69) is 22.4 Å². The number of aromatic nitrogens is 2. The van der Waals surface area contributed by atoms with Crippen molar-refractivity contribution in [1.29, 1.82) is 0 Å². The number of hydrogen-bond donors (Lipinski definition) is 1. The van der Waals surface area contributed by atoms with Gasteiger partial charge in [-0.25, -0.2) is 0 Å². The minimum absolute atomic E-state index is 0.116. The lowest BCUT2D eigenvalue weighted by Gasteiger charge is -2.23.